The van der Waals surface area contributed by atoms with Gasteiger partial charge in [0.25, 0.3) is 0 Å². The van der Waals surface area contributed by atoms with Crippen LogP contribution < -0.4 is 0 Å². The molecule has 1 atom stereocenters. The number of hydrogen-bond donors (Lipinski definition) is 2. The maximum Gasteiger partial charge on any atom is 0.104 e. The van der Waals surface area contributed by atoms with Crippen LogP contribution in [0.4, 0.5) is 0 Å². The smallest absolute Gasteiger partial charge is 0.104 e. The normalized spacial score (nSPS) is 12.6. The molecule has 2 N–H and O–H groups in total. The van der Waals surface area contributed by atoms with Gasteiger partial charge in [0.05, 0.1) is 19.8 Å². The van der Waals surface area contributed by atoms with Crippen molar-refractivity contribution in [2.45, 2.75) is 13.2 Å². The molecule has 94 valence electrons. The molecule has 0 aromatic rings. The lowest BCUT2D eigenvalue weighted by atomic mass is 10.6. The molecule has 0 saturated heterocycles. The molecule has 0 bridgehead atoms. The zero-order valence-electron chi connectivity index (χ0n) is 10.6. The summed E-state index contributed by atoms with van der Waals surface area (Å²) in [6, 6.07) is 0. The number of ether oxygens (including phenoxy) is 1. The minimum atomic E-state index is -0.315. The Morgan fingerprint density at radius 3 is 1.87 bits per heavy atom. The van der Waals surface area contributed by atoms with Gasteiger partial charge in [-0.05, 0) is 35.1 Å². The Balaban J connectivity index is 0. The Bertz CT molecular complexity index is 113. The van der Waals surface area contributed by atoms with Gasteiger partial charge in [-0.1, -0.05) is 0 Å². The van der Waals surface area contributed by atoms with Crippen molar-refractivity contribution in [3.05, 3.63) is 0 Å². The summed E-state index contributed by atoms with van der Waals surface area (Å²) < 4.78 is 5.00. The lowest BCUT2D eigenvalue weighted by molar-refractivity contribution is 0.0578. The SMILES string of the molecule is CC(O)N(C)C.CN(C)CCOCCO. The van der Waals surface area contributed by atoms with Crippen LogP contribution in [0.1, 0.15) is 6.92 Å². The van der Waals surface area contributed by atoms with Gasteiger partial charge < -0.3 is 19.8 Å². The van der Waals surface area contributed by atoms with Gasteiger partial charge in [0.15, 0.2) is 0 Å². The molecule has 0 rings (SSSR count). The fourth-order valence-corrected chi connectivity index (χ4v) is 0.414. The molecule has 0 saturated carbocycles. The van der Waals surface area contributed by atoms with E-state index in [-0.39, 0.29) is 12.8 Å². The minimum Gasteiger partial charge on any atom is -0.394 e. The van der Waals surface area contributed by atoms with Gasteiger partial charge in [0, 0.05) is 6.54 Å². The zero-order chi connectivity index (χ0) is 12.3. The summed E-state index contributed by atoms with van der Waals surface area (Å²) in [6.45, 7) is 3.91. The summed E-state index contributed by atoms with van der Waals surface area (Å²) in [6.07, 6.45) is -0.315. The summed E-state index contributed by atoms with van der Waals surface area (Å²) in [5.74, 6) is 0. The van der Waals surface area contributed by atoms with Crippen LogP contribution in [0.5, 0.6) is 0 Å². The number of likely N-dealkylation sites (N-methyl/N-ethyl adjacent to an activating group) is 1. The van der Waals surface area contributed by atoms with Crippen molar-refractivity contribution in [3.63, 3.8) is 0 Å². The molecule has 0 aromatic heterocycles. The van der Waals surface area contributed by atoms with Crippen molar-refractivity contribution < 1.29 is 14.9 Å². The highest BCUT2D eigenvalue weighted by atomic mass is 16.5. The van der Waals surface area contributed by atoms with Crippen LogP contribution in [0, 0.1) is 0 Å². The highest BCUT2D eigenvalue weighted by molar-refractivity contribution is 4.38. The van der Waals surface area contributed by atoms with Gasteiger partial charge >= 0.3 is 0 Å². The first-order valence-corrected chi connectivity index (χ1v) is 5.09. The van der Waals surface area contributed by atoms with Gasteiger partial charge in [0.1, 0.15) is 6.23 Å². The number of aliphatic hydroxyl groups excluding tert-OH is 2. The Morgan fingerprint density at radius 1 is 1.13 bits per heavy atom. The third-order valence-electron chi connectivity index (χ3n) is 1.67. The molecular formula is C10H26N2O3. The Morgan fingerprint density at radius 2 is 1.60 bits per heavy atom. The number of nitrogens with zero attached hydrogens (tertiary/aromatic N) is 2. The van der Waals surface area contributed by atoms with Crippen molar-refractivity contribution in [1.82, 2.24) is 9.80 Å². The fourth-order valence-electron chi connectivity index (χ4n) is 0.414. The molecule has 0 aliphatic carbocycles. The number of aliphatic hydroxyl groups is 2. The second-order valence-electron chi connectivity index (χ2n) is 3.73. The summed E-state index contributed by atoms with van der Waals surface area (Å²) in [5.41, 5.74) is 0. The van der Waals surface area contributed by atoms with Crippen LogP contribution in [0.15, 0.2) is 0 Å². The lowest BCUT2D eigenvalue weighted by Gasteiger charge is -2.11. The van der Waals surface area contributed by atoms with E-state index in [9.17, 15) is 0 Å². The highest BCUT2D eigenvalue weighted by Crippen LogP contribution is 1.79. The highest BCUT2D eigenvalue weighted by Gasteiger charge is 1.92. The Labute approximate surface area is 93.3 Å². The number of hydrogen-bond acceptors (Lipinski definition) is 5. The lowest BCUT2D eigenvalue weighted by Crippen LogP contribution is -2.23. The molecule has 0 aliphatic heterocycles. The Hall–Kier alpha value is -0.200. The summed E-state index contributed by atoms with van der Waals surface area (Å²) in [4.78, 5) is 3.76. The molecule has 5 nitrogen and oxygen atoms in total. The van der Waals surface area contributed by atoms with Gasteiger partial charge in [-0.15, -0.1) is 0 Å². The summed E-state index contributed by atoms with van der Waals surface area (Å²) >= 11 is 0. The van der Waals surface area contributed by atoms with E-state index < -0.39 is 0 Å². The average Bonchev–Trinajstić information content (AvgIpc) is 2.13. The van der Waals surface area contributed by atoms with Gasteiger partial charge in [-0.3, -0.25) is 4.90 Å². The van der Waals surface area contributed by atoms with Gasteiger partial charge in [-0.25, -0.2) is 0 Å². The third-order valence-corrected chi connectivity index (χ3v) is 1.67. The van der Waals surface area contributed by atoms with Crippen molar-refractivity contribution in [2.75, 3.05) is 54.6 Å². The first-order valence-electron chi connectivity index (χ1n) is 5.09. The second kappa shape index (κ2) is 11.9. The zero-order valence-corrected chi connectivity index (χ0v) is 10.6. The molecule has 15 heavy (non-hydrogen) atoms. The number of rotatable bonds is 6. The standard InChI is InChI=1S/C6H15NO2.C4H11NO/c1-7(2)3-5-9-6-4-8;1-4(6)5(2)3/h8H,3-6H2,1-2H3;4,6H,1-3H3. The molecule has 0 spiro atoms. The van der Waals surface area contributed by atoms with E-state index in [0.717, 1.165) is 6.54 Å². The van der Waals surface area contributed by atoms with Crippen LogP contribution in [0.25, 0.3) is 0 Å². The van der Waals surface area contributed by atoms with E-state index in [1.165, 1.54) is 0 Å². The topological polar surface area (TPSA) is 56.2 Å². The van der Waals surface area contributed by atoms with Crippen LogP contribution in [-0.4, -0.2) is 80.8 Å². The molecule has 0 heterocycles. The van der Waals surface area contributed by atoms with E-state index in [2.05, 4.69) is 0 Å². The van der Waals surface area contributed by atoms with E-state index in [4.69, 9.17) is 14.9 Å². The van der Waals surface area contributed by atoms with Crippen molar-refractivity contribution in [3.8, 4) is 0 Å². The van der Waals surface area contributed by atoms with Crippen LogP contribution in [0.3, 0.4) is 0 Å². The first kappa shape index (κ1) is 17.2. The van der Waals surface area contributed by atoms with E-state index >= 15 is 0 Å². The first-order chi connectivity index (χ1) is 6.91. The van der Waals surface area contributed by atoms with Gasteiger partial charge in [-0.2, -0.15) is 0 Å². The summed E-state index contributed by atoms with van der Waals surface area (Å²) in [7, 11) is 7.62. The molecular weight excluding hydrogens is 196 g/mol. The molecule has 0 radical (unpaired) electrons. The van der Waals surface area contributed by atoms with Crippen LogP contribution in [0.2, 0.25) is 0 Å². The van der Waals surface area contributed by atoms with Crippen LogP contribution in [-0.2, 0) is 4.74 Å². The van der Waals surface area contributed by atoms with Crippen molar-refractivity contribution >= 4 is 0 Å². The third kappa shape index (κ3) is 20.0. The molecule has 0 fully saturated rings. The molecule has 0 amide bonds. The molecule has 0 aliphatic rings. The maximum absolute atomic E-state index is 8.56. The minimum absolute atomic E-state index is 0.118. The largest absolute Gasteiger partial charge is 0.394 e. The average molecular weight is 222 g/mol. The van der Waals surface area contributed by atoms with Crippen molar-refractivity contribution in [1.29, 1.82) is 0 Å². The van der Waals surface area contributed by atoms with E-state index in [1.807, 2.05) is 33.1 Å². The molecule has 5 heteroatoms. The van der Waals surface area contributed by atoms with Crippen molar-refractivity contribution in [2.24, 2.45) is 0 Å². The monoisotopic (exact) mass is 222 g/mol. The summed E-state index contributed by atoms with van der Waals surface area (Å²) in [5, 5.41) is 16.8. The predicted octanol–water partition coefficient (Wildman–Crippen LogP) is -0.557. The van der Waals surface area contributed by atoms with E-state index in [0.29, 0.717) is 13.2 Å². The second-order valence-corrected chi connectivity index (χ2v) is 3.73. The predicted molar refractivity (Wildman–Crippen MR) is 61.8 cm³/mol. The Kier molecular flexibility index (Phi) is 13.6. The maximum atomic E-state index is 8.56. The van der Waals surface area contributed by atoms with Gasteiger partial charge in [0.2, 0.25) is 0 Å². The quantitative estimate of drug-likeness (QED) is 0.466. The van der Waals surface area contributed by atoms with E-state index in [1.54, 1.807) is 11.8 Å². The molecule has 1 unspecified atom stereocenters. The molecule has 0 aromatic carbocycles. The van der Waals surface area contributed by atoms with Crippen LogP contribution >= 0.6 is 0 Å². The fraction of sp³-hybridized carbons (Fsp3) is 1.00.